The SMILES string of the molecule is Cc1ncc(CO)c2c(Nc3ccc(O)cc3)c(NC(C)(C)CC(C)(C)C)oc12. The van der Waals surface area contributed by atoms with Crippen LogP contribution in [-0.4, -0.2) is 20.7 Å². The number of aliphatic hydroxyl groups excluding tert-OH is 1. The molecule has 0 bridgehead atoms. The molecule has 3 aromatic rings. The Morgan fingerprint density at radius 1 is 1.07 bits per heavy atom. The van der Waals surface area contributed by atoms with Crippen molar-refractivity contribution in [1.82, 2.24) is 4.98 Å². The normalized spacial score (nSPS) is 12.4. The number of aromatic hydroxyl groups is 1. The summed E-state index contributed by atoms with van der Waals surface area (Å²) in [6, 6.07) is 6.85. The second-order valence-corrected chi connectivity index (χ2v) is 9.46. The van der Waals surface area contributed by atoms with Gasteiger partial charge in [-0.15, -0.1) is 0 Å². The number of aryl methyl sites for hydroxylation is 1. The maximum absolute atomic E-state index is 9.89. The quantitative estimate of drug-likeness (QED) is 0.399. The van der Waals surface area contributed by atoms with Crippen LogP contribution < -0.4 is 10.6 Å². The molecule has 2 aromatic heterocycles. The summed E-state index contributed by atoms with van der Waals surface area (Å²) in [5.74, 6) is 0.807. The highest BCUT2D eigenvalue weighted by Gasteiger charge is 2.29. The Labute approximate surface area is 172 Å². The summed E-state index contributed by atoms with van der Waals surface area (Å²) in [7, 11) is 0. The molecule has 0 saturated heterocycles. The Morgan fingerprint density at radius 2 is 1.72 bits per heavy atom. The molecule has 0 amide bonds. The van der Waals surface area contributed by atoms with Crippen LogP contribution in [0.25, 0.3) is 11.0 Å². The zero-order valence-electron chi connectivity index (χ0n) is 18.1. The number of aliphatic hydroxyl groups is 1. The van der Waals surface area contributed by atoms with Crippen molar-refractivity contribution in [2.24, 2.45) is 5.41 Å². The fourth-order valence-corrected chi connectivity index (χ4v) is 3.98. The molecule has 6 heteroatoms. The van der Waals surface area contributed by atoms with Crippen LogP contribution in [0.15, 0.2) is 34.9 Å². The summed E-state index contributed by atoms with van der Waals surface area (Å²) in [5.41, 5.74) is 3.57. The van der Waals surface area contributed by atoms with Gasteiger partial charge in [-0.05, 0) is 56.9 Å². The van der Waals surface area contributed by atoms with E-state index in [0.717, 1.165) is 28.9 Å². The topological polar surface area (TPSA) is 90.6 Å². The van der Waals surface area contributed by atoms with E-state index in [-0.39, 0.29) is 23.3 Å². The Balaban J connectivity index is 2.12. The number of rotatable bonds is 6. The largest absolute Gasteiger partial charge is 0.508 e. The van der Waals surface area contributed by atoms with Crippen LogP contribution in [0.5, 0.6) is 5.75 Å². The fourth-order valence-electron chi connectivity index (χ4n) is 3.98. The Morgan fingerprint density at radius 3 is 2.31 bits per heavy atom. The predicted octanol–water partition coefficient (Wildman–Crippen LogP) is 5.70. The third kappa shape index (κ3) is 4.82. The van der Waals surface area contributed by atoms with Gasteiger partial charge in [-0.25, -0.2) is 0 Å². The molecule has 0 fully saturated rings. The molecule has 4 N–H and O–H groups in total. The fraction of sp³-hybridized carbons (Fsp3) is 0.435. The highest BCUT2D eigenvalue weighted by Crippen LogP contribution is 2.42. The first-order valence-corrected chi connectivity index (χ1v) is 9.85. The minimum atomic E-state index is -0.224. The van der Waals surface area contributed by atoms with Crippen molar-refractivity contribution in [2.45, 2.75) is 60.1 Å². The van der Waals surface area contributed by atoms with Crippen LogP contribution in [0.4, 0.5) is 17.3 Å². The van der Waals surface area contributed by atoms with Gasteiger partial charge in [0.15, 0.2) is 5.58 Å². The van der Waals surface area contributed by atoms with Gasteiger partial charge < -0.3 is 25.3 Å². The number of fused-ring (bicyclic) bond motifs is 1. The van der Waals surface area contributed by atoms with E-state index in [1.807, 2.05) is 6.92 Å². The van der Waals surface area contributed by atoms with Crippen LogP contribution in [0.2, 0.25) is 0 Å². The second-order valence-electron chi connectivity index (χ2n) is 9.46. The van der Waals surface area contributed by atoms with E-state index in [9.17, 15) is 10.2 Å². The number of phenols is 1. The van der Waals surface area contributed by atoms with E-state index in [0.29, 0.717) is 17.0 Å². The van der Waals surface area contributed by atoms with E-state index in [1.165, 1.54) is 0 Å². The average molecular weight is 398 g/mol. The Bertz CT molecular complexity index is 999. The third-order valence-electron chi connectivity index (χ3n) is 4.70. The number of hydrogen-bond acceptors (Lipinski definition) is 6. The van der Waals surface area contributed by atoms with E-state index in [4.69, 9.17) is 4.42 Å². The molecule has 2 heterocycles. The van der Waals surface area contributed by atoms with Crippen molar-refractivity contribution >= 4 is 28.2 Å². The van der Waals surface area contributed by atoms with E-state index in [1.54, 1.807) is 30.5 Å². The third-order valence-corrected chi connectivity index (χ3v) is 4.70. The van der Waals surface area contributed by atoms with Gasteiger partial charge in [0.2, 0.25) is 5.88 Å². The number of benzene rings is 1. The number of phenolic OH excluding ortho intramolecular Hbond substituents is 1. The monoisotopic (exact) mass is 397 g/mol. The van der Waals surface area contributed by atoms with Gasteiger partial charge in [-0.1, -0.05) is 20.8 Å². The molecule has 1 aromatic carbocycles. The molecule has 0 aliphatic rings. The zero-order valence-corrected chi connectivity index (χ0v) is 18.1. The van der Waals surface area contributed by atoms with Crippen LogP contribution in [0.3, 0.4) is 0 Å². The molecule has 0 saturated carbocycles. The highest BCUT2D eigenvalue weighted by molar-refractivity contribution is 6.02. The standard InChI is InChI=1S/C23H31N3O3/c1-14-20-18(15(12-27)11-24-14)19(25-16-7-9-17(28)10-8-16)21(29-20)26-23(5,6)13-22(2,3)4/h7-11,25-28H,12-13H2,1-6H3. The first kappa shape index (κ1) is 21.0. The molecule has 29 heavy (non-hydrogen) atoms. The number of nitrogens with one attached hydrogen (secondary N) is 2. The lowest BCUT2D eigenvalue weighted by molar-refractivity contribution is 0.283. The minimum absolute atomic E-state index is 0.140. The van der Waals surface area contributed by atoms with Crippen LogP contribution in [-0.2, 0) is 6.61 Å². The van der Waals surface area contributed by atoms with Crippen LogP contribution >= 0.6 is 0 Å². The van der Waals surface area contributed by atoms with Gasteiger partial charge in [0.25, 0.3) is 0 Å². The van der Waals surface area contributed by atoms with Crippen molar-refractivity contribution in [1.29, 1.82) is 0 Å². The maximum Gasteiger partial charge on any atom is 0.218 e. The zero-order chi connectivity index (χ0) is 21.4. The summed E-state index contributed by atoms with van der Waals surface area (Å²) in [6.45, 7) is 12.7. The number of furan rings is 1. The van der Waals surface area contributed by atoms with Gasteiger partial charge in [0, 0.05) is 23.0 Å². The van der Waals surface area contributed by atoms with Crippen molar-refractivity contribution in [2.75, 3.05) is 10.6 Å². The number of pyridine rings is 1. The lowest BCUT2D eigenvalue weighted by Crippen LogP contribution is -2.35. The molecule has 3 rings (SSSR count). The molecule has 0 atom stereocenters. The first-order chi connectivity index (χ1) is 13.5. The van der Waals surface area contributed by atoms with Crippen molar-refractivity contribution in [3.05, 3.63) is 41.7 Å². The second kappa shape index (κ2) is 7.59. The summed E-state index contributed by atoms with van der Waals surface area (Å²) in [6.07, 6.45) is 2.61. The molecule has 0 aliphatic carbocycles. The van der Waals surface area contributed by atoms with Gasteiger partial charge in [-0.3, -0.25) is 4.98 Å². The molecule has 6 nitrogen and oxygen atoms in total. The summed E-state index contributed by atoms with van der Waals surface area (Å²) >= 11 is 0. The lowest BCUT2D eigenvalue weighted by Gasteiger charge is -2.33. The number of aromatic nitrogens is 1. The van der Waals surface area contributed by atoms with Crippen LogP contribution in [0, 0.1) is 12.3 Å². The molecule has 156 valence electrons. The van der Waals surface area contributed by atoms with Gasteiger partial charge in [-0.2, -0.15) is 0 Å². The van der Waals surface area contributed by atoms with Gasteiger partial charge in [0.1, 0.15) is 11.4 Å². The van der Waals surface area contributed by atoms with Crippen LogP contribution in [0.1, 0.15) is 52.3 Å². The minimum Gasteiger partial charge on any atom is -0.508 e. The highest BCUT2D eigenvalue weighted by atomic mass is 16.4. The summed E-state index contributed by atoms with van der Waals surface area (Å²) < 4.78 is 6.22. The number of nitrogens with zero attached hydrogens (tertiary/aromatic N) is 1. The molecule has 0 aliphatic heterocycles. The van der Waals surface area contributed by atoms with Crippen molar-refractivity contribution in [3.63, 3.8) is 0 Å². The van der Waals surface area contributed by atoms with Gasteiger partial charge in [0.05, 0.1) is 17.7 Å². The summed E-state index contributed by atoms with van der Waals surface area (Å²) in [4.78, 5) is 4.36. The smallest absolute Gasteiger partial charge is 0.218 e. The summed E-state index contributed by atoms with van der Waals surface area (Å²) in [5, 5.41) is 27.2. The molecular formula is C23H31N3O3. The molecule has 0 spiro atoms. The van der Waals surface area contributed by atoms with Crippen molar-refractivity contribution in [3.8, 4) is 5.75 Å². The molecular weight excluding hydrogens is 366 g/mol. The van der Waals surface area contributed by atoms with E-state index < -0.39 is 0 Å². The van der Waals surface area contributed by atoms with E-state index >= 15 is 0 Å². The Hall–Kier alpha value is -2.73. The Kier molecular flexibility index (Phi) is 5.50. The molecule has 0 unspecified atom stereocenters. The number of anilines is 3. The number of hydrogen-bond donors (Lipinski definition) is 4. The maximum atomic E-state index is 9.89. The lowest BCUT2D eigenvalue weighted by atomic mass is 9.82. The van der Waals surface area contributed by atoms with Crippen molar-refractivity contribution < 1.29 is 14.6 Å². The van der Waals surface area contributed by atoms with Gasteiger partial charge >= 0.3 is 0 Å². The van der Waals surface area contributed by atoms with E-state index in [2.05, 4.69) is 50.2 Å². The molecule has 0 radical (unpaired) electrons. The predicted molar refractivity (Wildman–Crippen MR) is 118 cm³/mol. The first-order valence-electron chi connectivity index (χ1n) is 9.85. The average Bonchev–Trinajstić information content (AvgIpc) is 2.94.